The second-order valence-electron chi connectivity index (χ2n) is 0.742. The number of carbonyl (C=O) groups excluding carboxylic acids is 1. The fraction of sp³-hybridized carbons (Fsp3) is 0.750. The van der Waals surface area contributed by atoms with E-state index in [9.17, 15) is 4.79 Å². The molecular weight excluding hydrogens is 80.0 g/mol. The van der Waals surface area contributed by atoms with Crippen LogP contribution in [0.4, 0.5) is 0 Å². The first-order valence-electron chi connectivity index (χ1n) is 4.36. The van der Waals surface area contributed by atoms with Gasteiger partial charge in [0.25, 0.3) is 0 Å². The van der Waals surface area contributed by atoms with Crippen LogP contribution in [0.5, 0.6) is 0 Å². The molecule has 1 fully saturated rings. The van der Waals surface area contributed by atoms with Crippen LogP contribution >= 0.6 is 0 Å². The molecule has 0 amide bonds. The Morgan fingerprint density at radius 2 is 2.83 bits per heavy atom. The minimum Gasteiger partial charge on any atom is -0.466 e. The maximum absolute atomic E-state index is 10.6. The van der Waals surface area contributed by atoms with Crippen LogP contribution in [-0.4, -0.2) is 12.5 Å². The van der Waals surface area contributed by atoms with Crippen LogP contribution in [0.25, 0.3) is 0 Å². The van der Waals surface area contributed by atoms with Gasteiger partial charge in [-0.15, -0.1) is 0 Å². The molecule has 0 saturated carbocycles. The molecule has 0 N–H and O–H groups in total. The summed E-state index contributed by atoms with van der Waals surface area (Å²) in [5.41, 5.74) is 0. The van der Waals surface area contributed by atoms with Crippen molar-refractivity contribution in [2.75, 3.05) is 6.56 Å². The Morgan fingerprint density at radius 3 is 3.00 bits per heavy atom. The van der Waals surface area contributed by atoms with Gasteiger partial charge in [-0.2, -0.15) is 0 Å². The van der Waals surface area contributed by atoms with Gasteiger partial charge in [0.05, 0.1) is 9.30 Å². The average Bonchev–Trinajstić information content (AvgIpc) is 1.92. The number of esters is 1. The lowest BCUT2D eigenvalue weighted by atomic mass is 10.4. The molecule has 1 heterocycles. The molecule has 0 unspecified atom stereocenters. The van der Waals surface area contributed by atoms with Crippen LogP contribution in [0.1, 0.15) is 21.0 Å². The van der Waals surface area contributed by atoms with E-state index in [2.05, 4.69) is 4.74 Å². The second-order valence-corrected chi connectivity index (χ2v) is 0.742. The van der Waals surface area contributed by atoms with E-state index in [1.54, 1.807) is 0 Å². The molecule has 1 saturated heterocycles. The SMILES string of the molecule is [2H]C1([2H])OC(=O)C([2H])([2H])C1([2H])[2H]. The lowest BCUT2D eigenvalue weighted by Crippen LogP contribution is -1.88. The highest BCUT2D eigenvalue weighted by Crippen LogP contribution is 2.01. The Morgan fingerprint density at radius 1 is 2.00 bits per heavy atom. The maximum atomic E-state index is 10.6. The number of ether oxygens (including phenoxy) is 1. The molecule has 0 aromatic rings. The molecule has 0 spiro atoms. The number of carbonyl (C=O) groups is 1. The summed E-state index contributed by atoms with van der Waals surface area (Å²) in [6.07, 6.45) is -5.87. The van der Waals surface area contributed by atoms with E-state index in [4.69, 9.17) is 8.22 Å². The highest BCUT2D eigenvalue weighted by molar-refractivity contribution is 5.70. The lowest BCUT2D eigenvalue weighted by molar-refractivity contribution is -0.137. The fourth-order valence-corrected chi connectivity index (χ4v) is 0.174. The Labute approximate surface area is 44.5 Å². The van der Waals surface area contributed by atoms with E-state index in [0.717, 1.165) is 0 Å². The third kappa shape index (κ3) is 0.506. The van der Waals surface area contributed by atoms with Crippen molar-refractivity contribution in [2.45, 2.75) is 12.7 Å². The summed E-state index contributed by atoms with van der Waals surface area (Å²) in [5, 5.41) is 0. The smallest absolute Gasteiger partial charge is 0.305 e. The van der Waals surface area contributed by atoms with Gasteiger partial charge >= 0.3 is 5.97 Å². The topological polar surface area (TPSA) is 26.3 Å². The van der Waals surface area contributed by atoms with Crippen LogP contribution in [0.2, 0.25) is 0 Å². The molecule has 34 valence electrons. The minimum absolute atomic E-state index is 1.50. The van der Waals surface area contributed by atoms with Crippen LogP contribution in [0.3, 0.4) is 0 Å². The second kappa shape index (κ2) is 1.29. The largest absolute Gasteiger partial charge is 0.466 e. The number of hydrogen-bond acceptors (Lipinski definition) is 2. The van der Waals surface area contributed by atoms with Crippen molar-refractivity contribution in [3.63, 3.8) is 0 Å². The predicted molar refractivity (Wildman–Crippen MR) is 20.2 cm³/mol. The molecule has 0 aliphatic carbocycles. The number of rotatable bonds is 0. The monoisotopic (exact) mass is 92.1 g/mol. The third-order valence-corrected chi connectivity index (χ3v) is 0.359. The highest BCUT2D eigenvalue weighted by atomic mass is 16.5. The Bertz CT molecular complexity index is 234. The molecule has 1 aliphatic rings. The summed E-state index contributed by atoms with van der Waals surface area (Å²) in [6, 6.07) is 0. The van der Waals surface area contributed by atoms with E-state index in [1.165, 1.54) is 0 Å². The summed E-state index contributed by atoms with van der Waals surface area (Å²) in [4.78, 5) is 10.6. The molecule has 1 rings (SSSR count). The van der Waals surface area contributed by atoms with Crippen LogP contribution in [0, 0.1) is 0 Å². The summed E-state index contributed by atoms with van der Waals surface area (Å²) in [7, 11) is 0. The van der Waals surface area contributed by atoms with E-state index in [0.29, 0.717) is 0 Å². The Hall–Kier alpha value is -0.530. The Kier molecular flexibility index (Phi) is 0.178. The molecule has 0 aromatic carbocycles. The van der Waals surface area contributed by atoms with E-state index >= 15 is 0 Å². The standard InChI is InChI=1S/C4H6O2/c5-4-2-1-3-6-4/h1-3H2/i1D2,2D2,3D2. The van der Waals surface area contributed by atoms with Crippen molar-refractivity contribution in [1.29, 1.82) is 0 Å². The average molecular weight is 92.1 g/mol. The molecule has 6 heavy (non-hydrogen) atoms. The van der Waals surface area contributed by atoms with Crippen LogP contribution in [0.15, 0.2) is 0 Å². The quantitative estimate of drug-likeness (QED) is 0.402. The summed E-state index contributed by atoms with van der Waals surface area (Å²) in [6.45, 7) is -2.90. The minimum atomic E-state index is -2.95. The first-order chi connectivity index (χ1) is 5.13. The summed E-state index contributed by atoms with van der Waals surface area (Å²) < 4.78 is 45.5. The maximum Gasteiger partial charge on any atom is 0.305 e. The van der Waals surface area contributed by atoms with Gasteiger partial charge in [0, 0.05) is 11.9 Å². The van der Waals surface area contributed by atoms with Gasteiger partial charge in [-0.05, 0) is 6.37 Å². The van der Waals surface area contributed by atoms with Crippen molar-refractivity contribution in [2.24, 2.45) is 0 Å². The zero-order chi connectivity index (χ0) is 9.78. The zero-order valence-electron chi connectivity index (χ0n) is 8.82. The van der Waals surface area contributed by atoms with E-state index < -0.39 is 25.3 Å². The normalized spacial score (nSPS) is 61.0. The predicted octanol–water partition coefficient (Wildman–Crippen LogP) is 0.323. The molecule has 0 aromatic heterocycles. The highest BCUT2D eigenvalue weighted by Gasteiger charge is 2.08. The van der Waals surface area contributed by atoms with Crippen molar-refractivity contribution < 1.29 is 17.8 Å². The van der Waals surface area contributed by atoms with Crippen molar-refractivity contribution in [3.8, 4) is 0 Å². The molecule has 2 heteroatoms. The van der Waals surface area contributed by atoms with Crippen molar-refractivity contribution in [3.05, 3.63) is 0 Å². The van der Waals surface area contributed by atoms with Crippen molar-refractivity contribution >= 4 is 5.97 Å². The van der Waals surface area contributed by atoms with Gasteiger partial charge in [0.15, 0.2) is 0 Å². The summed E-state index contributed by atoms with van der Waals surface area (Å²) in [5.74, 6) is -1.50. The van der Waals surface area contributed by atoms with Crippen LogP contribution in [-0.2, 0) is 9.53 Å². The van der Waals surface area contributed by atoms with E-state index in [-0.39, 0.29) is 0 Å². The van der Waals surface area contributed by atoms with Crippen LogP contribution < -0.4 is 0 Å². The molecule has 1 aliphatic heterocycles. The molecule has 0 atom stereocenters. The zero-order valence-corrected chi connectivity index (χ0v) is 2.82. The van der Waals surface area contributed by atoms with Gasteiger partial charge in [-0.1, -0.05) is 0 Å². The number of hydrogen-bond donors (Lipinski definition) is 0. The van der Waals surface area contributed by atoms with Gasteiger partial charge in [0.2, 0.25) is 0 Å². The van der Waals surface area contributed by atoms with Gasteiger partial charge in [0.1, 0.15) is 0 Å². The van der Waals surface area contributed by atoms with E-state index in [1.807, 2.05) is 0 Å². The number of cyclic esters (lactones) is 1. The first-order valence-corrected chi connectivity index (χ1v) is 1.36. The lowest BCUT2D eigenvalue weighted by Gasteiger charge is -1.81. The Balaban J connectivity index is 3.19. The van der Waals surface area contributed by atoms with Gasteiger partial charge in [-0.3, -0.25) is 4.79 Å². The summed E-state index contributed by atoms with van der Waals surface area (Å²) >= 11 is 0. The van der Waals surface area contributed by atoms with Crippen molar-refractivity contribution in [1.82, 2.24) is 0 Å². The van der Waals surface area contributed by atoms with Gasteiger partial charge < -0.3 is 4.74 Å². The third-order valence-electron chi connectivity index (χ3n) is 0.359. The molecule has 0 radical (unpaired) electrons. The molecule has 2 nitrogen and oxygen atoms in total. The molecular formula is C4H6O2. The molecule has 0 bridgehead atoms. The first kappa shape index (κ1) is 0.831. The van der Waals surface area contributed by atoms with Gasteiger partial charge in [-0.25, -0.2) is 0 Å². The fourth-order valence-electron chi connectivity index (χ4n) is 0.174.